The molecule has 6 nitrogen and oxygen atoms in total. The van der Waals surface area contributed by atoms with Gasteiger partial charge in [-0.1, -0.05) is 32.9 Å². The number of benzene rings is 1. The van der Waals surface area contributed by atoms with E-state index in [0.29, 0.717) is 57.1 Å². The van der Waals surface area contributed by atoms with Gasteiger partial charge in [0.15, 0.2) is 0 Å². The standard InChI is InChI=1S/C20H32N2O4S/c1-5-26-16-6-7-19(23)21-12-14-22(15-13-21)27(24,25)18-10-8-17(9-11-18)20(2,3)4/h8-11H,5-7,12-16H2,1-4H3. The van der Waals surface area contributed by atoms with E-state index in [2.05, 4.69) is 20.8 Å². The lowest BCUT2D eigenvalue weighted by molar-refractivity contribution is -0.132. The van der Waals surface area contributed by atoms with Gasteiger partial charge in [0.1, 0.15) is 0 Å². The average molecular weight is 397 g/mol. The van der Waals surface area contributed by atoms with Gasteiger partial charge in [0.2, 0.25) is 15.9 Å². The first-order valence-corrected chi connectivity index (χ1v) is 11.1. The first kappa shape index (κ1) is 21.9. The van der Waals surface area contributed by atoms with E-state index in [9.17, 15) is 13.2 Å². The molecule has 0 saturated carbocycles. The minimum absolute atomic E-state index is 0.0174. The Morgan fingerprint density at radius 1 is 1.07 bits per heavy atom. The Hall–Kier alpha value is -1.44. The van der Waals surface area contributed by atoms with Crippen molar-refractivity contribution < 1.29 is 17.9 Å². The molecule has 0 spiro atoms. The van der Waals surface area contributed by atoms with Crippen molar-refractivity contribution in [3.63, 3.8) is 0 Å². The van der Waals surface area contributed by atoms with E-state index in [1.165, 1.54) is 4.31 Å². The number of ether oxygens (including phenoxy) is 1. The van der Waals surface area contributed by atoms with Crippen LogP contribution in [0.4, 0.5) is 0 Å². The number of amides is 1. The van der Waals surface area contributed by atoms with Crippen LogP contribution in [-0.2, 0) is 25.0 Å². The van der Waals surface area contributed by atoms with Gasteiger partial charge < -0.3 is 9.64 Å². The summed E-state index contributed by atoms with van der Waals surface area (Å²) >= 11 is 0. The van der Waals surface area contributed by atoms with E-state index < -0.39 is 10.0 Å². The highest BCUT2D eigenvalue weighted by Crippen LogP contribution is 2.25. The molecule has 0 aromatic heterocycles. The third-order valence-corrected chi connectivity index (χ3v) is 6.75. The zero-order chi connectivity index (χ0) is 20.1. The number of rotatable bonds is 7. The summed E-state index contributed by atoms with van der Waals surface area (Å²) in [6, 6.07) is 7.12. The molecule has 1 fully saturated rings. The Morgan fingerprint density at radius 2 is 1.67 bits per heavy atom. The minimum Gasteiger partial charge on any atom is -0.382 e. The van der Waals surface area contributed by atoms with Crippen molar-refractivity contribution in [1.29, 1.82) is 0 Å². The highest BCUT2D eigenvalue weighted by atomic mass is 32.2. The number of nitrogens with zero attached hydrogens (tertiary/aromatic N) is 2. The topological polar surface area (TPSA) is 66.9 Å². The summed E-state index contributed by atoms with van der Waals surface area (Å²) in [7, 11) is -3.52. The lowest BCUT2D eigenvalue weighted by Gasteiger charge is -2.34. The molecule has 7 heteroatoms. The Kier molecular flexibility index (Phi) is 7.42. The van der Waals surface area contributed by atoms with Gasteiger partial charge >= 0.3 is 0 Å². The summed E-state index contributed by atoms with van der Waals surface area (Å²) in [6.45, 7) is 11.0. The van der Waals surface area contributed by atoms with E-state index in [-0.39, 0.29) is 11.3 Å². The van der Waals surface area contributed by atoms with Crippen molar-refractivity contribution in [3.8, 4) is 0 Å². The number of carbonyl (C=O) groups is 1. The number of hydrogen-bond donors (Lipinski definition) is 0. The quantitative estimate of drug-likeness (QED) is 0.665. The van der Waals surface area contributed by atoms with Crippen LogP contribution in [-0.4, -0.2) is 62.9 Å². The average Bonchev–Trinajstić information content (AvgIpc) is 2.64. The molecular formula is C20H32N2O4S. The summed E-state index contributed by atoms with van der Waals surface area (Å²) < 4.78 is 32.5. The lowest BCUT2D eigenvalue weighted by atomic mass is 9.87. The number of sulfonamides is 1. The zero-order valence-electron chi connectivity index (χ0n) is 16.9. The Bertz CT molecular complexity index is 715. The van der Waals surface area contributed by atoms with Crippen molar-refractivity contribution in [3.05, 3.63) is 29.8 Å². The first-order valence-electron chi connectivity index (χ1n) is 9.62. The minimum atomic E-state index is -3.52. The number of hydrogen-bond acceptors (Lipinski definition) is 4. The molecule has 2 rings (SSSR count). The van der Waals surface area contributed by atoms with Crippen LogP contribution >= 0.6 is 0 Å². The highest BCUT2D eigenvalue weighted by Gasteiger charge is 2.30. The SMILES string of the molecule is CCOCCCC(=O)N1CCN(S(=O)(=O)c2ccc(C(C)(C)C)cc2)CC1. The Balaban J connectivity index is 1.93. The third-order valence-electron chi connectivity index (χ3n) is 4.83. The fraction of sp³-hybridized carbons (Fsp3) is 0.650. The van der Waals surface area contributed by atoms with Crippen molar-refractivity contribution in [1.82, 2.24) is 9.21 Å². The molecule has 0 atom stereocenters. The van der Waals surface area contributed by atoms with Crippen molar-refractivity contribution >= 4 is 15.9 Å². The van der Waals surface area contributed by atoms with Gasteiger partial charge in [-0.25, -0.2) is 8.42 Å². The summed E-state index contributed by atoms with van der Waals surface area (Å²) in [5.41, 5.74) is 1.08. The fourth-order valence-corrected chi connectivity index (χ4v) is 4.50. The van der Waals surface area contributed by atoms with E-state index in [1.807, 2.05) is 19.1 Å². The molecule has 0 aliphatic carbocycles. The van der Waals surface area contributed by atoms with E-state index in [0.717, 1.165) is 5.56 Å². The molecule has 1 aromatic carbocycles. The van der Waals surface area contributed by atoms with Crippen LogP contribution in [0.15, 0.2) is 29.2 Å². The van der Waals surface area contributed by atoms with Crippen molar-refractivity contribution in [2.24, 2.45) is 0 Å². The third kappa shape index (κ3) is 5.77. The molecule has 1 saturated heterocycles. The molecule has 27 heavy (non-hydrogen) atoms. The molecule has 1 amide bonds. The molecule has 0 radical (unpaired) electrons. The van der Waals surface area contributed by atoms with Crippen LogP contribution in [0.2, 0.25) is 0 Å². The molecule has 0 bridgehead atoms. The van der Waals surface area contributed by atoms with Crippen LogP contribution in [0.3, 0.4) is 0 Å². The predicted molar refractivity (Wildman–Crippen MR) is 106 cm³/mol. The molecule has 152 valence electrons. The second-order valence-corrected chi connectivity index (χ2v) is 9.80. The van der Waals surface area contributed by atoms with Crippen LogP contribution in [0.5, 0.6) is 0 Å². The number of carbonyl (C=O) groups excluding carboxylic acids is 1. The van der Waals surface area contributed by atoms with Crippen LogP contribution < -0.4 is 0 Å². The monoisotopic (exact) mass is 396 g/mol. The summed E-state index contributed by atoms with van der Waals surface area (Å²) in [5, 5.41) is 0. The summed E-state index contributed by atoms with van der Waals surface area (Å²) in [5.74, 6) is 0.0706. The maximum absolute atomic E-state index is 12.9. The summed E-state index contributed by atoms with van der Waals surface area (Å²) in [4.78, 5) is 14.3. The maximum Gasteiger partial charge on any atom is 0.243 e. The Morgan fingerprint density at radius 3 is 2.19 bits per heavy atom. The largest absolute Gasteiger partial charge is 0.382 e. The zero-order valence-corrected chi connectivity index (χ0v) is 17.7. The van der Waals surface area contributed by atoms with E-state index in [1.54, 1.807) is 17.0 Å². The predicted octanol–water partition coefficient (Wildman–Crippen LogP) is 2.63. The van der Waals surface area contributed by atoms with Crippen molar-refractivity contribution in [2.75, 3.05) is 39.4 Å². The highest BCUT2D eigenvalue weighted by molar-refractivity contribution is 7.89. The van der Waals surface area contributed by atoms with Gasteiger partial charge in [0, 0.05) is 45.8 Å². The number of piperazine rings is 1. The van der Waals surface area contributed by atoms with E-state index in [4.69, 9.17) is 4.74 Å². The van der Waals surface area contributed by atoms with Gasteiger partial charge in [-0.15, -0.1) is 0 Å². The normalized spacial score (nSPS) is 16.5. The summed E-state index contributed by atoms with van der Waals surface area (Å²) in [6.07, 6.45) is 1.15. The van der Waals surface area contributed by atoms with Crippen LogP contribution in [0.25, 0.3) is 0 Å². The fourth-order valence-electron chi connectivity index (χ4n) is 3.08. The molecule has 1 aliphatic rings. The van der Waals surface area contributed by atoms with E-state index >= 15 is 0 Å². The van der Waals surface area contributed by atoms with Gasteiger partial charge in [0.25, 0.3) is 0 Å². The van der Waals surface area contributed by atoms with Crippen LogP contribution in [0.1, 0.15) is 46.1 Å². The Labute approximate surface area is 163 Å². The second-order valence-electron chi connectivity index (χ2n) is 7.86. The van der Waals surface area contributed by atoms with Gasteiger partial charge in [-0.05, 0) is 36.5 Å². The van der Waals surface area contributed by atoms with Crippen LogP contribution in [0, 0.1) is 0 Å². The molecular weight excluding hydrogens is 364 g/mol. The van der Waals surface area contributed by atoms with Gasteiger partial charge in [-0.2, -0.15) is 4.31 Å². The maximum atomic E-state index is 12.9. The van der Waals surface area contributed by atoms with Gasteiger partial charge in [-0.3, -0.25) is 4.79 Å². The molecule has 0 N–H and O–H groups in total. The molecule has 1 aromatic rings. The van der Waals surface area contributed by atoms with Crippen molar-refractivity contribution in [2.45, 2.75) is 50.8 Å². The molecule has 0 unspecified atom stereocenters. The smallest absolute Gasteiger partial charge is 0.243 e. The first-order chi connectivity index (χ1) is 12.7. The van der Waals surface area contributed by atoms with Gasteiger partial charge in [0.05, 0.1) is 4.90 Å². The molecule has 1 aliphatic heterocycles. The molecule has 1 heterocycles. The second kappa shape index (κ2) is 9.17. The lowest BCUT2D eigenvalue weighted by Crippen LogP contribution is -2.50.